The summed E-state index contributed by atoms with van der Waals surface area (Å²) in [6.07, 6.45) is 18.6. The van der Waals surface area contributed by atoms with Gasteiger partial charge in [0.1, 0.15) is 11.3 Å². The zero-order valence-electron chi connectivity index (χ0n) is 102. The second-order valence-electron chi connectivity index (χ2n) is 35.7. The summed E-state index contributed by atoms with van der Waals surface area (Å²) in [7, 11) is 0. The van der Waals surface area contributed by atoms with Gasteiger partial charge in [-0.05, 0) is 233 Å². The molecule has 2 atom stereocenters. The summed E-state index contributed by atoms with van der Waals surface area (Å²) < 4.78 is 219. The minimum atomic E-state index is -2.43. The quantitative estimate of drug-likeness (QED) is 0.0312. The van der Waals surface area contributed by atoms with Crippen LogP contribution in [0.25, 0.3) is 88.1 Å². The summed E-state index contributed by atoms with van der Waals surface area (Å²) in [6, 6.07) is 40.7. The third kappa shape index (κ3) is 33.3. The molecule has 12 heteroatoms. The molecular weight excluding hydrogens is 1960 g/mol. The molecule has 4 aromatic heterocycles. The first-order valence-electron chi connectivity index (χ1n) is 56.9. The number of hydrogen-bond donors (Lipinski definition) is 2. The number of pyridine rings is 4. The topological polar surface area (TPSA) is 126 Å². The van der Waals surface area contributed by atoms with Crippen LogP contribution in [-0.4, -0.2) is 53.1 Å². The SMILES string of the molecule is C.C.CCC(CC)C(=O)C=C(O)C(CC)CC(C)(C)F.CCC(CC)C(=O)C=C(O)C(CC)CC(C)(C)F.[2H]c1nc(-c2[c-]c(C([2H])([2H])[2H])cc(C)c2[2H])c2ccc(C(C)C)cc2c1[2H].[2H]c1nc(-c2[c-]c(C([2H])([2H])[2H])cc(C)c2[2H])c2ccc(CC3CCCC3)cc2c1[2H].[2H]c1nc(-c2[c-]c(C)cc(C([2H])([2H])[2H])c2[2H])c2ccc(C(C)C)cc2c1[2H].[2H]c1nc(-c2[c-]c(C)cc(C([2H])([2H])[2H])c2[2H])c2ccc(CC3CCCC3)cc2c1[2H].[Ir].[Ir]. The Kier molecular flexibility index (Phi) is 32.0. The Balaban J connectivity index is 0.000000326. The summed E-state index contributed by atoms with van der Waals surface area (Å²) in [5.74, 6) is 1.19. The van der Waals surface area contributed by atoms with Crippen molar-refractivity contribution < 1.29 is 102 Å². The number of ketones is 2. The summed E-state index contributed by atoms with van der Waals surface area (Å²) in [5, 5.41) is 24.8. The van der Waals surface area contributed by atoms with Crippen LogP contribution >= 0.6 is 0 Å². The van der Waals surface area contributed by atoms with Gasteiger partial charge in [0.15, 0.2) is 11.6 Å². The second kappa shape index (κ2) is 53.0. The van der Waals surface area contributed by atoms with Gasteiger partial charge >= 0.3 is 0 Å². The van der Waals surface area contributed by atoms with E-state index in [2.05, 4.69) is 44.2 Å². The molecule has 2 fully saturated rings. The number of halogens is 2. The van der Waals surface area contributed by atoms with Crippen LogP contribution < -0.4 is 0 Å². The molecule has 2 unspecified atom stereocenters. The van der Waals surface area contributed by atoms with Gasteiger partial charge in [-0.2, -0.15) is 0 Å². The molecule has 8 nitrogen and oxygen atoms in total. The number of nitrogens with zero attached hydrogens (tertiary/aromatic N) is 4. The van der Waals surface area contributed by atoms with Gasteiger partial charge in [-0.1, -0.05) is 263 Å². The largest absolute Gasteiger partial charge is 0.512 e. The zero-order chi connectivity index (χ0) is 112. The summed E-state index contributed by atoms with van der Waals surface area (Å²) >= 11 is 0. The van der Waals surface area contributed by atoms with E-state index in [9.17, 15) is 28.6 Å². The van der Waals surface area contributed by atoms with Crippen LogP contribution in [0.3, 0.4) is 0 Å². The van der Waals surface area contributed by atoms with Crippen molar-refractivity contribution >= 4 is 54.7 Å². The van der Waals surface area contributed by atoms with Gasteiger partial charge in [0.05, 0.1) is 22.5 Å². The van der Waals surface area contributed by atoms with Crippen LogP contribution in [0.2, 0.25) is 0 Å². The predicted molar refractivity (Wildman–Crippen MR) is 542 cm³/mol. The molecule has 2 radical (unpaired) electrons. The standard InChI is InChI=1S/2C23H24N.2C20H20N.2C15H27FO2.2CH4.2Ir/c2*1-16-11-17(2)13-21(12-16)23-22-8-7-19(14-18-5-3-4-6-18)15-20(22)9-10-24-23;2*1-13(2)16-5-6-19-17(12-16)7-8-21-20(19)18-10-14(3)9-15(4)11-18;2*1-6-11(7-2)13(17)9-14(18)12(8-3)10-15(4,5)16;;;;/h2*7-12,15,18H,3-6,14H2,1-2H3;2*5-10,12-13H,1-4H3;2*9,11-12,18H,6-8,10H2,1-5H3;2*1H4;;/q4*-1;;;;;;/i2D3,9D,10D,12D;1D3,9D,10D,12D;4D3,7D,8D,10D;3D3,7D,8D,10D;;;;;;. The maximum atomic E-state index is 13.6. The Bertz CT molecular complexity index is 6640. The molecule has 702 valence electrons. The third-order valence-electron chi connectivity index (χ3n) is 23.4. The first kappa shape index (κ1) is 78.5. The number of hydrogen-bond acceptors (Lipinski definition) is 8. The molecule has 14 rings (SSSR count). The molecule has 0 aliphatic heterocycles. The number of aliphatic hydroxyl groups excluding tert-OH is 2. The van der Waals surface area contributed by atoms with Crippen molar-refractivity contribution in [1.82, 2.24) is 19.9 Å². The number of rotatable bonds is 26. The number of aryl methyl sites for hydroxylation is 8. The Morgan fingerprint density at radius 1 is 0.423 bits per heavy atom. The molecule has 2 saturated carbocycles. The average molecular weight is 2140 g/mol. The van der Waals surface area contributed by atoms with Gasteiger partial charge < -0.3 is 30.1 Å². The van der Waals surface area contributed by atoms with E-state index in [4.69, 9.17) is 32.9 Å². The fourth-order valence-electron chi connectivity index (χ4n) is 16.5. The van der Waals surface area contributed by atoms with E-state index >= 15 is 0 Å². The molecule has 0 bridgehead atoms. The van der Waals surface area contributed by atoms with Crippen LogP contribution in [0.4, 0.5) is 8.78 Å². The van der Waals surface area contributed by atoms with E-state index in [0.29, 0.717) is 113 Å². The fourth-order valence-corrected chi connectivity index (χ4v) is 16.5. The van der Waals surface area contributed by atoms with Gasteiger partial charge in [-0.3, -0.25) is 9.59 Å². The number of aliphatic hydroxyl groups is 2. The second-order valence-corrected chi connectivity index (χ2v) is 35.7. The third-order valence-corrected chi connectivity index (χ3v) is 23.4. The number of allylic oxidation sites excluding steroid dienone is 4. The molecule has 4 heterocycles. The molecule has 2 aliphatic rings. The number of carbonyl (C=O) groups is 2. The van der Waals surface area contributed by atoms with Crippen molar-refractivity contribution in [2.24, 2.45) is 35.5 Å². The number of fused-ring (bicyclic) bond motifs is 4. The van der Waals surface area contributed by atoms with E-state index in [1.807, 2.05) is 142 Å². The van der Waals surface area contributed by atoms with Crippen molar-refractivity contribution in [1.29, 1.82) is 0 Å². The maximum Gasteiger partial charge on any atom is 0.162 e. The number of benzene rings is 8. The fraction of sp³-hybridized carbons (Fsp3) is 0.441. The normalized spacial score (nSPS) is 16.5. The minimum Gasteiger partial charge on any atom is -0.512 e. The molecule has 0 amide bonds. The minimum absolute atomic E-state index is 0. The van der Waals surface area contributed by atoms with Crippen molar-refractivity contribution in [2.45, 2.75) is 306 Å². The van der Waals surface area contributed by atoms with E-state index in [1.54, 1.807) is 27.7 Å². The molecule has 0 saturated heterocycles. The van der Waals surface area contributed by atoms with Crippen LogP contribution in [0, 0.1) is 115 Å². The van der Waals surface area contributed by atoms with Crippen molar-refractivity contribution in [3.63, 3.8) is 0 Å². The predicted octanol–water partition coefficient (Wildman–Crippen LogP) is 33.5. The molecular formula is C118H150F2Ir2N4O4-4. The van der Waals surface area contributed by atoms with Crippen molar-refractivity contribution in [3.05, 3.63) is 285 Å². The Labute approximate surface area is 842 Å². The Morgan fingerprint density at radius 2 is 0.700 bits per heavy atom. The molecule has 2 N–H and O–H groups in total. The first-order valence-corrected chi connectivity index (χ1v) is 44.9. The van der Waals surface area contributed by atoms with E-state index in [1.165, 1.54) is 115 Å². The Morgan fingerprint density at radius 3 is 0.977 bits per heavy atom. The smallest absolute Gasteiger partial charge is 0.162 e. The zero-order valence-corrected chi connectivity index (χ0v) is 82.5. The molecule has 2 aliphatic carbocycles. The van der Waals surface area contributed by atoms with Crippen LogP contribution in [-0.2, 0) is 62.6 Å². The summed E-state index contributed by atoms with van der Waals surface area (Å²) in [5.41, 5.74) is 6.18. The number of alkyl halides is 2. The van der Waals surface area contributed by atoms with Crippen LogP contribution in [0.5, 0.6) is 0 Å². The molecule has 130 heavy (non-hydrogen) atoms. The molecule has 8 aromatic carbocycles. The molecule has 0 spiro atoms. The number of aromatic nitrogens is 4. The first-order chi connectivity index (χ1) is 69.8. The summed E-state index contributed by atoms with van der Waals surface area (Å²) in [4.78, 5) is 40.7. The summed E-state index contributed by atoms with van der Waals surface area (Å²) in [6.45, 7) is 23.0. The van der Waals surface area contributed by atoms with Crippen molar-refractivity contribution in [2.75, 3.05) is 0 Å². The maximum absolute atomic E-state index is 13.6. The van der Waals surface area contributed by atoms with E-state index in [-0.39, 0.29) is 244 Å². The number of carbonyl (C=O) groups excluding carboxylic acids is 2. The van der Waals surface area contributed by atoms with E-state index in [0.717, 1.165) is 60.8 Å². The van der Waals surface area contributed by atoms with Crippen molar-refractivity contribution in [3.8, 4) is 45.0 Å². The van der Waals surface area contributed by atoms with Gasteiger partial charge in [0.25, 0.3) is 0 Å². The van der Waals surface area contributed by atoms with Gasteiger partial charge in [-0.15, -0.1) is 139 Å². The van der Waals surface area contributed by atoms with Crippen LogP contribution in [0.15, 0.2) is 194 Å². The van der Waals surface area contributed by atoms with Gasteiger partial charge in [0, 0.05) is 117 Å². The Hall–Kier alpha value is -9.02. The average Bonchev–Trinajstić information content (AvgIpc) is 0.885. The van der Waals surface area contributed by atoms with E-state index < -0.39 is 38.7 Å². The van der Waals surface area contributed by atoms with Gasteiger partial charge in [-0.25, -0.2) is 8.78 Å². The van der Waals surface area contributed by atoms with Gasteiger partial charge in [0.2, 0.25) is 0 Å². The monoisotopic (exact) mass is 2140 g/mol. The molecule has 12 aromatic rings. The van der Waals surface area contributed by atoms with Crippen LogP contribution in [0.1, 0.15) is 326 Å².